The van der Waals surface area contributed by atoms with E-state index in [1.54, 1.807) is 38.5 Å². The van der Waals surface area contributed by atoms with Crippen LogP contribution >= 0.6 is 0 Å². The molecular weight excluding hydrogens is 430 g/mol. The van der Waals surface area contributed by atoms with Gasteiger partial charge in [0.25, 0.3) is 5.91 Å². The van der Waals surface area contributed by atoms with E-state index in [0.29, 0.717) is 25.1 Å². The van der Waals surface area contributed by atoms with Gasteiger partial charge in [-0.25, -0.2) is 4.98 Å². The Hall–Kier alpha value is -4.00. The molecule has 1 amide bonds. The topological polar surface area (TPSA) is 74.6 Å². The van der Waals surface area contributed by atoms with Crippen LogP contribution in [-0.4, -0.2) is 42.8 Å². The Balaban J connectivity index is 1.37. The van der Waals surface area contributed by atoms with E-state index in [0.717, 1.165) is 47.1 Å². The SMILES string of the molecule is COc1ccc(C(=O)NCCc2nc3ccccc3n2CCCOc2ccccc2OC)cc1. The lowest BCUT2D eigenvalue weighted by Crippen LogP contribution is -2.26. The van der Waals surface area contributed by atoms with E-state index in [4.69, 9.17) is 19.2 Å². The first-order valence-electron chi connectivity index (χ1n) is 11.3. The van der Waals surface area contributed by atoms with Crippen molar-refractivity contribution >= 4 is 16.9 Å². The Morgan fingerprint density at radius 2 is 1.65 bits per heavy atom. The maximum absolute atomic E-state index is 12.5. The summed E-state index contributed by atoms with van der Waals surface area (Å²) in [5, 5.41) is 2.99. The molecule has 0 saturated heterocycles. The highest BCUT2D eigenvalue weighted by Gasteiger charge is 2.12. The largest absolute Gasteiger partial charge is 0.497 e. The number of methoxy groups -OCH3 is 2. The van der Waals surface area contributed by atoms with Crippen molar-refractivity contribution in [2.24, 2.45) is 0 Å². The Kier molecular flexibility index (Phi) is 7.65. The zero-order valence-electron chi connectivity index (χ0n) is 19.5. The maximum Gasteiger partial charge on any atom is 0.251 e. The van der Waals surface area contributed by atoms with Crippen LogP contribution in [0.1, 0.15) is 22.6 Å². The molecule has 34 heavy (non-hydrogen) atoms. The van der Waals surface area contributed by atoms with Crippen molar-refractivity contribution in [1.29, 1.82) is 0 Å². The molecule has 0 atom stereocenters. The van der Waals surface area contributed by atoms with Gasteiger partial charge in [-0.05, 0) is 55.0 Å². The van der Waals surface area contributed by atoms with Crippen LogP contribution in [0.15, 0.2) is 72.8 Å². The van der Waals surface area contributed by atoms with Gasteiger partial charge in [-0.1, -0.05) is 24.3 Å². The van der Waals surface area contributed by atoms with E-state index in [2.05, 4.69) is 16.0 Å². The molecule has 1 N–H and O–H groups in total. The summed E-state index contributed by atoms with van der Waals surface area (Å²) >= 11 is 0. The van der Waals surface area contributed by atoms with Gasteiger partial charge in [0.05, 0.1) is 31.9 Å². The Morgan fingerprint density at radius 1 is 0.912 bits per heavy atom. The summed E-state index contributed by atoms with van der Waals surface area (Å²) in [5.74, 6) is 3.01. The molecule has 4 rings (SSSR count). The molecule has 176 valence electrons. The number of imidazole rings is 1. The van der Waals surface area contributed by atoms with E-state index < -0.39 is 0 Å². The first-order valence-corrected chi connectivity index (χ1v) is 11.3. The third kappa shape index (κ3) is 5.49. The lowest BCUT2D eigenvalue weighted by atomic mass is 10.2. The molecule has 3 aromatic carbocycles. The highest BCUT2D eigenvalue weighted by Crippen LogP contribution is 2.26. The van der Waals surface area contributed by atoms with Crippen LogP contribution in [0.2, 0.25) is 0 Å². The predicted molar refractivity (Wildman–Crippen MR) is 132 cm³/mol. The summed E-state index contributed by atoms with van der Waals surface area (Å²) in [4.78, 5) is 17.3. The number of carbonyl (C=O) groups is 1. The summed E-state index contributed by atoms with van der Waals surface area (Å²) < 4.78 is 18.6. The number of para-hydroxylation sites is 4. The first-order chi connectivity index (χ1) is 16.7. The maximum atomic E-state index is 12.5. The number of nitrogens with one attached hydrogen (secondary N) is 1. The van der Waals surface area contributed by atoms with Gasteiger partial charge < -0.3 is 24.1 Å². The van der Waals surface area contributed by atoms with Crippen molar-refractivity contribution in [2.45, 2.75) is 19.4 Å². The standard InChI is InChI=1S/C27H29N3O4/c1-32-21-14-12-20(13-15-21)27(31)28-17-16-26-29-22-8-3-4-9-23(22)30(26)18-7-19-34-25-11-6-5-10-24(25)33-2/h3-6,8-15H,7,16-19H2,1-2H3,(H,28,31). The summed E-state index contributed by atoms with van der Waals surface area (Å²) in [6.45, 7) is 1.81. The minimum Gasteiger partial charge on any atom is -0.497 e. The fourth-order valence-corrected chi connectivity index (χ4v) is 3.84. The zero-order chi connectivity index (χ0) is 23.8. The summed E-state index contributed by atoms with van der Waals surface area (Å²) in [6.07, 6.45) is 1.44. The lowest BCUT2D eigenvalue weighted by Gasteiger charge is -2.12. The highest BCUT2D eigenvalue weighted by atomic mass is 16.5. The van der Waals surface area contributed by atoms with E-state index in [1.165, 1.54) is 0 Å². The van der Waals surface area contributed by atoms with Crippen LogP contribution < -0.4 is 19.5 Å². The van der Waals surface area contributed by atoms with Gasteiger partial charge >= 0.3 is 0 Å². The number of fused-ring (bicyclic) bond motifs is 1. The molecule has 0 aliphatic rings. The fraction of sp³-hybridized carbons (Fsp3) is 0.259. The van der Waals surface area contributed by atoms with Gasteiger partial charge in [0, 0.05) is 25.1 Å². The van der Waals surface area contributed by atoms with Crippen LogP contribution in [0, 0.1) is 0 Å². The second-order valence-electron chi connectivity index (χ2n) is 7.76. The van der Waals surface area contributed by atoms with Gasteiger partial charge in [-0.3, -0.25) is 4.79 Å². The zero-order valence-corrected chi connectivity index (χ0v) is 19.5. The number of amides is 1. The van der Waals surface area contributed by atoms with Crippen LogP contribution in [0.3, 0.4) is 0 Å². The van der Waals surface area contributed by atoms with E-state index in [-0.39, 0.29) is 5.91 Å². The van der Waals surface area contributed by atoms with E-state index in [9.17, 15) is 4.79 Å². The molecule has 0 unspecified atom stereocenters. The van der Waals surface area contributed by atoms with E-state index in [1.807, 2.05) is 42.5 Å². The highest BCUT2D eigenvalue weighted by molar-refractivity contribution is 5.94. The number of carbonyl (C=O) groups excluding carboxylic acids is 1. The minimum atomic E-state index is -0.115. The van der Waals surface area contributed by atoms with Gasteiger partial charge in [-0.2, -0.15) is 0 Å². The number of benzene rings is 3. The lowest BCUT2D eigenvalue weighted by molar-refractivity contribution is 0.0954. The summed E-state index contributed by atoms with van der Waals surface area (Å²) in [5.41, 5.74) is 2.63. The molecule has 0 bridgehead atoms. The van der Waals surface area contributed by atoms with Gasteiger partial charge in [0.15, 0.2) is 11.5 Å². The van der Waals surface area contributed by atoms with Crippen molar-refractivity contribution < 1.29 is 19.0 Å². The van der Waals surface area contributed by atoms with Crippen molar-refractivity contribution in [3.63, 3.8) is 0 Å². The van der Waals surface area contributed by atoms with Crippen molar-refractivity contribution in [2.75, 3.05) is 27.4 Å². The molecule has 1 heterocycles. The molecule has 0 saturated carbocycles. The van der Waals surface area contributed by atoms with Gasteiger partial charge in [0.1, 0.15) is 11.6 Å². The second kappa shape index (κ2) is 11.2. The molecule has 0 fully saturated rings. The van der Waals surface area contributed by atoms with Crippen molar-refractivity contribution in [3.05, 3.63) is 84.2 Å². The first kappa shape index (κ1) is 23.2. The summed E-state index contributed by atoms with van der Waals surface area (Å²) in [6, 6.07) is 22.8. The Bertz CT molecular complexity index is 1230. The second-order valence-corrected chi connectivity index (χ2v) is 7.76. The number of rotatable bonds is 11. The van der Waals surface area contributed by atoms with Crippen molar-refractivity contribution in [1.82, 2.24) is 14.9 Å². The molecule has 0 aliphatic heterocycles. The average molecular weight is 460 g/mol. The Labute approximate surface area is 199 Å². The molecular formula is C27H29N3O4. The van der Waals surface area contributed by atoms with E-state index >= 15 is 0 Å². The van der Waals surface area contributed by atoms with Crippen molar-refractivity contribution in [3.8, 4) is 17.2 Å². The monoisotopic (exact) mass is 459 g/mol. The smallest absolute Gasteiger partial charge is 0.251 e. The quantitative estimate of drug-likeness (QED) is 0.335. The predicted octanol–water partition coefficient (Wildman–Crippen LogP) is 4.50. The normalized spacial score (nSPS) is 10.8. The molecule has 7 heteroatoms. The molecule has 0 spiro atoms. The third-order valence-electron chi connectivity index (χ3n) is 5.57. The number of hydrogen-bond acceptors (Lipinski definition) is 5. The average Bonchev–Trinajstić information content (AvgIpc) is 3.24. The van der Waals surface area contributed by atoms with Gasteiger partial charge in [0.2, 0.25) is 0 Å². The molecule has 7 nitrogen and oxygen atoms in total. The molecule has 4 aromatic rings. The number of aromatic nitrogens is 2. The number of aryl methyl sites for hydroxylation is 1. The van der Waals surface area contributed by atoms with Crippen LogP contribution in [0.25, 0.3) is 11.0 Å². The summed E-state index contributed by atoms with van der Waals surface area (Å²) in [7, 11) is 3.24. The van der Waals surface area contributed by atoms with Gasteiger partial charge in [-0.15, -0.1) is 0 Å². The van der Waals surface area contributed by atoms with Crippen LogP contribution in [0.4, 0.5) is 0 Å². The minimum absolute atomic E-state index is 0.115. The number of nitrogens with zero attached hydrogens (tertiary/aromatic N) is 2. The van der Waals surface area contributed by atoms with Crippen LogP contribution in [0.5, 0.6) is 17.2 Å². The number of hydrogen-bond donors (Lipinski definition) is 1. The fourth-order valence-electron chi connectivity index (χ4n) is 3.84. The number of ether oxygens (including phenoxy) is 3. The molecule has 0 radical (unpaired) electrons. The third-order valence-corrected chi connectivity index (χ3v) is 5.57. The van der Waals surface area contributed by atoms with Crippen LogP contribution in [-0.2, 0) is 13.0 Å². The molecule has 0 aliphatic carbocycles. The Morgan fingerprint density at radius 3 is 2.41 bits per heavy atom. The molecule has 1 aromatic heterocycles.